The maximum atomic E-state index is 11.4. The lowest BCUT2D eigenvalue weighted by atomic mass is 9.54. The molecule has 172 valence electrons. The van der Waals surface area contributed by atoms with E-state index in [4.69, 9.17) is 0 Å². The molecule has 5 aliphatic rings. The van der Waals surface area contributed by atoms with Crippen LogP contribution in [0, 0.1) is 11.3 Å². The summed E-state index contributed by atoms with van der Waals surface area (Å²) < 4.78 is 0. The molecule has 4 bridgehead atoms. The Morgan fingerprint density at radius 1 is 1.22 bits per heavy atom. The van der Waals surface area contributed by atoms with Crippen LogP contribution in [0.2, 0.25) is 0 Å². The largest absolute Gasteiger partial charge is 0.481 e. The molecule has 2 saturated heterocycles. The molecule has 3 aliphatic carbocycles. The molecule has 4 atom stereocenters. The first-order chi connectivity index (χ1) is 15.4. The van der Waals surface area contributed by atoms with Crippen molar-refractivity contribution in [1.82, 2.24) is 9.88 Å². The van der Waals surface area contributed by atoms with Crippen LogP contribution in [0.5, 0.6) is 0 Å². The third-order valence-electron chi connectivity index (χ3n) is 9.21. The van der Waals surface area contributed by atoms with Crippen molar-refractivity contribution in [2.24, 2.45) is 11.3 Å². The molecule has 5 heteroatoms. The van der Waals surface area contributed by atoms with Crippen LogP contribution in [0.25, 0.3) is 10.9 Å². The Morgan fingerprint density at radius 3 is 2.66 bits per heavy atom. The second-order valence-electron chi connectivity index (χ2n) is 11.5. The van der Waals surface area contributed by atoms with Crippen LogP contribution in [0.1, 0.15) is 94.1 Å². The zero-order valence-corrected chi connectivity index (χ0v) is 19.1. The Kier molecular flexibility index (Phi) is 4.92. The number of carboxylic acids is 1. The average molecular weight is 437 g/mol. The fourth-order valence-corrected chi connectivity index (χ4v) is 7.91. The van der Waals surface area contributed by atoms with E-state index < -0.39 is 12.2 Å². The molecule has 32 heavy (non-hydrogen) atoms. The summed E-state index contributed by atoms with van der Waals surface area (Å²) in [6.45, 7) is 2.26. The van der Waals surface area contributed by atoms with Gasteiger partial charge in [0.05, 0.1) is 0 Å². The number of rotatable bonds is 8. The summed E-state index contributed by atoms with van der Waals surface area (Å²) in [4.78, 5) is 17.1. The number of aromatic amines is 1. The summed E-state index contributed by atoms with van der Waals surface area (Å²) in [6.07, 6.45) is 11.9. The summed E-state index contributed by atoms with van der Waals surface area (Å²) >= 11 is 0. The molecule has 3 N–H and O–H groups in total. The topological polar surface area (TPSA) is 76.6 Å². The van der Waals surface area contributed by atoms with Crippen LogP contribution < -0.4 is 0 Å². The summed E-state index contributed by atoms with van der Waals surface area (Å²) in [5, 5.41) is 22.1. The van der Waals surface area contributed by atoms with Crippen molar-refractivity contribution < 1.29 is 15.0 Å². The Labute approximate surface area is 190 Å². The van der Waals surface area contributed by atoms with Gasteiger partial charge in [-0.1, -0.05) is 19.1 Å². The molecule has 5 nitrogen and oxygen atoms in total. The Hall–Kier alpha value is -1.85. The number of H-pyrrole nitrogens is 1. The van der Waals surface area contributed by atoms with Crippen molar-refractivity contribution in [2.75, 3.05) is 0 Å². The van der Waals surface area contributed by atoms with Gasteiger partial charge in [-0.15, -0.1) is 0 Å². The lowest BCUT2D eigenvalue weighted by molar-refractivity contribution is -0.175. The van der Waals surface area contributed by atoms with Crippen LogP contribution in [0.3, 0.4) is 0 Å². The molecule has 0 amide bonds. The van der Waals surface area contributed by atoms with Gasteiger partial charge in [0.15, 0.2) is 0 Å². The molecule has 1 aromatic heterocycles. The minimum Gasteiger partial charge on any atom is -0.481 e. The molecule has 1 aromatic carbocycles. The highest BCUT2D eigenvalue weighted by Gasteiger charge is 2.55. The van der Waals surface area contributed by atoms with E-state index in [0.29, 0.717) is 18.0 Å². The SMILES string of the molecule is CC(CC(O)N1C2CC3CC1CC(CCC(=O)O)(C3)C2)c1c[nH]c2cccc(C3CC3)c12. The summed E-state index contributed by atoms with van der Waals surface area (Å²) in [6, 6.07) is 7.46. The predicted octanol–water partition coefficient (Wildman–Crippen LogP) is 5.36. The molecule has 3 saturated carbocycles. The molecule has 3 heterocycles. The summed E-state index contributed by atoms with van der Waals surface area (Å²) in [5.41, 5.74) is 4.26. The standard InChI is InChI=1S/C27H36N2O3/c1-16(22-15-28-23-4-2-3-21(26(22)23)18-5-6-18)9-24(30)29-19-10-17-11-20(29)14-27(12-17,13-19)8-7-25(31)32/h2-4,15-20,24,28,30H,5-14H2,1H3,(H,31,32). The normalized spacial score (nSPS) is 33.6. The van der Waals surface area contributed by atoms with Crippen LogP contribution >= 0.6 is 0 Å². The van der Waals surface area contributed by atoms with E-state index in [2.05, 4.69) is 41.2 Å². The lowest BCUT2D eigenvalue weighted by Crippen LogP contribution is -2.64. The van der Waals surface area contributed by atoms with E-state index in [0.717, 1.165) is 31.6 Å². The summed E-state index contributed by atoms with van der Waals surface area (Å²) in [7, 11) is 0. The molecule has 0 spiro atoms. The average Bonchev–Trinajstić information content (AvgIpc) is 3.49. The van der Waals surface area contributed by atoms with Crippen LogP contribution in [-0.4, -0.2) is 44.4 Å². The van der Waals surface area contributed by atoms with Crippen molar-refractivity contribution in [2.45, 2.75) is 101 Å². The number of hydrogen-bond acceptors (Lipinski definition) is 3. The molecule has 2 aliphatic heterocycles. The smallest absolute Gasteiger partial charge is 0.303 e. The first-order valence-electron chi connectivity index (χ1n) is 12.7. The van der Waals surface area contributed by atoms with Crippen LogP contribution in [0.15, 0.2) is 24.4 Å². The van der Waals surface area contributed by atoms with E-state index in [9.17, 15) is 15.0 Å². The van der Waals surface area contributed by atoms with Crippen molar-refractivity contribution in [3.8, 4) is 0 Å². The van der Waals surface area contributed by atoms with E-state index in [1.807, 2.05) is 0 Å². The molecule has 5 fully saturated rings. The third kappa shape index (κ3) is 3.49. The van der Waals surface area contributed by atoms with Gasteiger partial charge < -0.3 is 15.2 Å². The lowest BCUT2D eigenvalue weighted by Gasteiger charge is -2.63. The van der Waals surface area contributed by atoms with E-state index in [1.54, 1.807) is 0 Å². The first kappa shape index (κ1) is 20.7. The number of fused-ring (bicyclic) bond motifs is 1. The number of carbonyl (C=O) groups is 1. The number of benzene rings is 1. The molecule has 0 radical (unpaired) electrons. The van der Waals surface area contributed by atoms with Gasteiger partial charge in [0.2, 0.25) is 0 Å². The van der Waals surface area contributed by atoms with Gasteiger partial charge in [0.25, 0.3) is 0 Å². The van der Waals surface area contributed by atoms with Crippen LogP contribution in [0.4, 0.5) is 0 Å². The monoisotopic (exact) mass is 436 g/mol. The second-order valence-corrected chi connectivity index (χ2v) is 11.5. The maximum absolute atomic E-state index is 11.4. The third-order valence-corrected chi connectivity index (χ3v) is 9.21. The highest BCUT2D eigenvalue weighted by molar-refractivity contribution is 5.88. The minimum absolute atomic E-state index is 0.201. The zero-order valence-electron chi connectivity index (χ0n) is 19.1. The predicted molar refractivity (Wildman–Crippen MR) is 125 cm³/mol. The van der Waals surface area contributed by atoms with Gasteiger partial charge in [-0.25, -0.2) is 0 Å². The number of aliphatic hydroxyl groups excluding tert-OH is 1. The fourth-order valence-electron chi connectivity index (χ4n) is 7.91. The number of nitrogens with one attached hydrogen (secondary N) is 1. The van der Waals surface area contributed by atoms with Crippen molar-refractivity contribution in [3.05, 3.63) is 35.5 Å². The van der Waals surface area contributed by atoms with Gasteiger partial charge in [0.1, 0.15) is 6.23 Å². The first-order valence-corrected chi connectivity index (χ1v) is 12.7. The number of aliphatic hydroxyl groups is 1. The zero-order chi connectivity index (χ0) is 22.0. The number of nitrogens with zero attached hydrogens (tertiary/aromatic N) is 1. The highest BCUT2D eigenvalue weighted by Crippen LogP contribution is 2.58. The molecule has 4 unspecified atom stereocenters. The molecule has 7 rings (SSSR count). The van der Waals surface area contributed by atoms with E-state index in [1.165, 1.54) is 54.1 Å². The van der Waals surface area contributed by atoms with Crippen molar-refractivity contribution >= 4 is 16.9 Å². The van der Waals surface area contributed by atoms with Gasteiger partial charge in [-0.05, 0) is 98.1 Å². The van der Waals surface area contributed by atoms with Gasteiger partial charge in [-0.2, -0.15) is 0 Å². The molecular formula is C27H36N2O3. The fraction of sp³-hybridized carbons (Fsp3) is 0.667. The summed E-state index contributed by atoms with van der Waals surface area (Å²) in [5.74, 6) is 1.05. The number of hydrogen-bond donors (Lipinski definition) is 3. The van der Waals surface area contributed by atoms with Gasteiger partial charge >= 0.3 is 5.97 Å². The van der Waals surface area contributed by atoms with E-state index in [-0.39, 0.29) is 17.8 Å². The van der Waals surface area contributed by atoms with Gasteiger partial charge in [0, 0.05) is 35.6 Å². The number of aromatic nitrogens is 1. The van der Waals surface area contributed by atoms with Crippen molar-refractivity contribution in [1.29, 1.82) is 0 Å². The Bertz CT molecular complexity index is 1010. The maximum Gasteiger partial charge on any atom is 0.303 e. The molecule has 2 aromatic rings. The molecular weight excluding hydrogens is 400 g/mol. The number of carboxylic acid groups (broad SMARTS) is 1. The quantitative estimate of drug-likeness (QED) is 0.521. The van der Waals surface area contributed by atoms with Crippen molar-refractivity contribution in [3.63, 3.8) is 0 Å². The van der Waals surface area contributed by atoms with E-state index >= 15 is 0 Å². The van der Waals surface area contributed by atoms with Crippen LogP contribution in [-0.2, 0) is 4.79 Å². The Balaban J connectivity index is 1.19. The number of aliphatic carboxylic acids is 1. The number of piperidine rings is 2. The minimum atomic E-state index is -0.671. The second kappa shape index (κ2) is 7.59. The van der Waals surface area contributed by atoms with Gasteiger partial charge in [-0.3, -0.25) is 9.69 Å². The highest BCUT2D eigenvalue weighted by atomic mass is 16.4. The Morgan fingerprint density at radius 2 is 1.97 bits per heavy atom.